The van der Waals surface area contributed by atoms with Gasteiger partial charge in [0, 0.05) is 26.5 Å². The smallest absolute Gasteiger partial charge is 0.282 e. The van der Waals surface area contributed by atoms with Gasteiger partial charge in [-0.1, -0.05) is 36.5 Å². The van der Waals surface area contributed by atoms with Crippen molar-refractivity contribution < 1.29 is 14.3 Å². The van der Waals surface area contributed by atoms with Crippen LogP contribution in [0.15, 0.2) is 110 Å². The molecule has 0 N–H and O–H groups in total. The van der Waals surface area contributed by atoms with E-state index in [0.717, 1.165) is 28.5 Å². The molecular weight excluding hydrogens is 576 g/mol. The van der Waals surface area contributed by atoms with E-state index in [-0.39, 0.29) is 11.6 Å². The number of ether oxygens (including phenoxy) is 2. The molecular formula is C32H24N8O3S. The van der Waals surface area contributed by atoms with Crippen LogP contribution in [-0.2, 0) is 0 Å². The van der Waals surface area contributed by atoms with Crippen LogP contribution in [0, 0.1) is 0 Å². The Morgan fingerprint density at radius 1 is 0.614 bits per heavy atom. The van der Waals surface area contributed by atoms with Crippen LogP contribution in [-0.4, -0.2) is 54.5 Å². The lowest BCUT2D eigenvalue weighted by Crippen LogP contribution is -2.25. The molecule has 11 nitrogen and oxygen atoms in total. The van der Waals surface area contributed by atoms with Crippen molar-refractivity contribution in [3.05, 3.63) is 121 Å². The molecule has 0 spiro atoms. The number of para-hydroxylation sites is 4. The summed E-state index contributed by atoms with van der Waals surface area (Å²) in [6, 6.07) is 22.7. The number of fused-ring (bicyclic) bond motifs is 4. The van der Waals surface area contributed by atoms with Crippen LogP contribution < -0.4 is 19.3 Å². The average molecular weight is 601 g/mol. The molecule has 0 aliphatic carbocycles. The maximum atomic E-state index is 12.6. The molecule has 2 aliphatic rings. The van der Waals surface area contributed by atoms with E-state index in [1.807, 2.05) is 90.9 Å². The van der Waals surface area contributed by atoms with Crippen molar-refractivity contribution in [2.45, 2.75) is 0 Å². The summed E-state index contributed by atoms with van der Waals surface area (Å²) >= 11 is 5.56. The zero-order valence-electron chi connectivity index (χ0n) is 23.6. The molecule has 216 valence electrons. The van der Waals surface area contributed by atoms with Gasteiger partial charge in [0.15, 0.2) is 34.4 Å². The molecule has 0 saturated carbocycles. The van der Waals surface area contributed by atoms with Crippen molar-refractivity contribution in [3.8, 4) is 34.4 Å². The summed E-state index contributed by atoms with van der Waals surface area (Å²) in [4.78, 5) is 24.9. The van der Waals surface area contributed by atoms with E-state index >= 15 is 0 Å². The fourth-order valence-electron chi connectivity index (χ4n) is 4.82. The Morgan fingerprint density at radius 3 is 1.66 bits per heavy atom. The van der Waals surface area contributed by atoms with Gasteiger partial charge in [-0.25, -0.2) is 9.36 Å². The molecule has 0 bridgehead atoms. The van der Waals surface area contributed by atoms with Gasteiger partial charge in [0.25, 0.3) is 5.91 Å². The summed E-state index contributed by atoms with van der Waals surface area (Å²) in [6.45, 7) is 0. The molecule has 8 rings (SSSR count). The van der Waals surface area contributed by atoms with Crippen molar-refractivity contribution in [2.75, 3.05) is 23.9 Å². The van der Waals surface area contributed by atoms with Crippen LogP contribution in [0.25, 0.3) is 11.4 Å². The first kappa shape index (κ1) is 27.0. The molecule has 6 aromatic rings. The van der Waals surface area contributed by atoms with Crippen LogP contribution in [0.3, 0.4) is 0 Å². The molecule has 0 fully saturated rings. The number of hydrogen-bond acceptors (Lipinski definition) is 8. The second-order valence-electron chi connectivity index (χ2n) is 9.86. The van der Waals surface area contributed by atoms with Gasteiger partial charge in [-0.15, -0.1) is 0 Å². The van der Waals surface area contributed by atoms with E-state index in [4.69, 9.17) is 21.7 Å². The lowest BCUT2D eigenvalue weighted by molar-refractivity contribution is 0.0988. The minimum absolute atomic E-state index is 0.206. The number of anilines is 2. The van der Waals surface area contributed by atoms with Crippen LogP contribution in [0.4, 0.5) is 11.4 Å². The normalized spacial score (nSPS) is 13.1. The third-order valence-corrected chi connectivity index (χ3v) is 7.56. The molecule has 4 aromatic heterocycles. The summed E-state index contributed by atoms with van der Waals surface area (Å²) in [5, 5.41) is 8.92. The Hall–Kier alpha value is -5.88. The van der Waals surface area contributed by atoms with E-state index in [9.17, 15) is 4.79 Å². The number of thiocarbonyl (C=S) groups is 1. The van der Waals surface area contributed by atoms with Crippen molar-refractivity contribution in [3.63, 3.8) is 0 Å². The summed E-state index contributed by atoms with van der Waals surface area (Å²) in [6.07, 6.45) is 10.4. The Balaban J connectivity index is 0.000000142. The van der Waals surface area contributed by atoms with Crippen molar-refractivity contribution in [1.29, 1.82) is 0 Å². The highest BCUT2D eigenvalue weighted by atomic mass is 32.1. The Labute approximate surface area is 257 Å². The number of hydrogen-bond donors (Lipinski definition) is 0. The van der Waals surface area contributed by atoms with Crippen LogP contribution in [0.1, 0.15) is 16.2 Å². The lowest BCUT2D eigenvalue weighted by Gasteiger charge is -2.17. The average Bonchev–Trinajstić information content (AvgIpc) is 3.65. The number of carbonyl (C=O) groups is 1. The van der Waals surface area contributed by atoms with Gasteiger partial charge in [0.05, 0.1) is 47.5 Å². The molecule has 0 unspecified atom stereocenters. The quantitative estimate of drug-likeness (QED) is 0.227. The van der Waals surface area contributed by atoms with Gasteiger partial charge < -0.3 is 19.3 Å². The van der Waals surface area contributed by atoms with E-state index in [0.29, 0.717) is 27.9 Å². The van der Waals surface area contributed by atoms with Crippen LogP contribution in [0.5, 0.6) is 23.0 Å². The Morgan fingerprint density at radius 2 is 1.11 bits per heavy atom. The number of benzene rings is 2. The van der Waals surface area contributed by atoms with Gasteiger partial charge >= 0.3 is 0 Å². The van der Waals surface area contributed by atoms with Crippen molar-refractivity contribution in [1.82, 2.24) is 29.5 Å². The maximum absolute atomic E-state index is 12.6. The highest BCUT2D eigenvalue weighted by molar-refractivity contribution is 7.81. The highest BCUT2D eigenvalue weighted by Gasteiger charge is 2.29. The minimum Gasteiger partial charge on any atom is -0.451 e. The summed E-state index contributed by atoms with van der Waals surface area (Å²) < 4.78 is 15.2. The van der Waals surface area contributed by atoms with Gasteiger partial charge in [0.1, 0.15) is 4.99 Å². The third-order valence-electron chi connectivity index (χ3n) is 7.09. The predicted molar refractivity (Wildman–Crippen MR) is 169 cm³/mol. The number of aromatic nitrogens is 6. The predicted octanol–water partition coefficient (Wildman–Crippen LogP) is 5.83. The zero-order chi connectivity index (χ0) is 30.2. The SMILES string of the molecule is CN1C(=O)c2nn(-c3cccnc3)cc2Oc2ccccc21.CN1C(=S)c2nn(-c3cccnc3)cc2Oc2ccccc21. The molecule has 2 aliphatic heterocycles. The molecule has 0 saturated heterocycles. The van der Waals surface area contributed by atoms with E-state index in [2.05, 4.69) is 20.2 Å². The van der Waals surface area contributed by atoms with Gasteiger partial charge in [-0.2, -0.15) is 10.2 Å². The Bertz CT molecular complexity index is 1860. The summed E-state index contributed by atoms with van der Waals surface area (Å²) in [5.74, 6) is 2.26. The van der Waals surface area contributed by atoms with E-state index in [1.54, 1.807) is 52.3 Å². The maximum Gasteiger partial charge on any atom is 0.282 e. The van der Waals surface area contributed by atoms with Crippen LogP contribution in [0.2, 0.25) is 0 Å². The molecule has 12 heteroatoms. The minimum atomic E-state index is -0.206. The molecule has 44 heavy (non-hydrogen) atoms. The third kappa shape index (κ3) is 4.82. The highest BCUT2D eigenvalue weighted by Crippen LogP contribution is 2.39. The van der Waals surface area contributed by atoms with Gasteiger partial charge in [0.2, 0.25) is 0 Å². The lowest BCUT2D eigenvalue weighted by atomic mass is 10.2. The fraction of sp³-hybridized carbons (Fsp3) is 0.0625. The standard InChI is InChI=1S/C16H12N4O2.C16H12N4OS/c1-19-12-6-2-3-7-13(12)22-14-10-20(18-15(14)16(19)21)11-5-4-8-17-9-11;1-19-12-6-2-3-7-13(12)21-14-10-20(18-15(14)16(19)22)11-5-4-8-17-9-11/h2*2-10H,1H3. The summed E-state index contributed by atoms with van der Waals surface area (Å²) in [7, 11) is 3.63. The number of carbonyl (C=O) groups excluding carboxylic acids is 1. The number of rotatable bonds is 2. The first-order valence-electron chi connectivity index (χ1n) is 13.6. The summed E-state index contributed by atoms with van der Waals surface area (Å²) in [5.41, 5.74) is 4.21. The van der Waals surface area contributed by atoms with E-state index < -0.39 is 0 Å². The largest absolute Gasteiger partial charge is 0.451 e. The molecule has 0 atom stereocenters. The van der Waals surface area contributed by atoms with Crippen LogP contribution >= 0.6 is 12.2 Å². The topological polar surface area (TPSA) is 103 Å². The molecule has 6 heterocycles. The number of pyridine rings is 2. The zero-order valence-corrected chi connectivity index (χ0v) is 24.4. The second-order valence-corrected chi connectivity index (χ2v) is 10.3. The molecule has 2 aromatic carbocycles. The molecule has 1 amide bonds. The van der Waals surface area contributed by atoms with Gasteiger partial charge in [-0.3, -0.25) is 14.8 Å². The van der Waals surface area contributed by atoms with Crippen molar-refractivity contribution in [2.24, 2.45) is 0 Å². The second kappa shape index (κ2) is 11.1. The first-order valence-corrected chi connectivity index (χ1v) is 14.0. The van der Waals surface area contributed by atoms with Crippen molar-refractivity contribution >= 4 is 34.5 Å². The van der Waals surface area contributed by atoms with Gasteiger partial charge in [-0.05, 0) is 48.5 Å². The number of amides is 1. The Kier molecular flexibility index (Phi) is 6.79. The van der Waals surface area contributed by atoms with E-state index in [1.165, 1.54) is 0 Å². The fourth-order valence-corrected chi connectivity index (χ4v) is 5.06. The first-order chi connectivity index (χ1) is 21.5. The monoisotopic (exact) mass is 600 g/mol. The number of nitrogens with zero attached hydrogens (tertiary/aromatic N) is 8. The molecule has 0 radical (unpaired) electrons.